The van der Waals surface area contributed by atoms with E-state index in [2.05, 4.69) is 10.1 Å². The van der Waals surface area contributed by atoms with Gasteiger partial charge < -0.3 is 14.2 Å². The molecule has 2 aromatic carbocycles. The van der Waals surface area contributed by atoms with E-state index in [1.165, 1.54) is 16.8 Å². The number of hydrazone groups is 1. The molecule has 1 N–H and O–H groups in total. The second-order valence-corrected chi connectivity index (χ2v) is 8.58. The number of benzene rings is 2. The van der Waals surface area contributed by atoms with Gasteiger partial charge in [0.15, 0.2) is 17.3 Å². The number of fused-ring (bicyclic) bond motifs is 1. The maximum atomic E-state index is 12.6. The first-order chi connectivity index (χ1) is 16.5. The molecule has 0 radical (unpaired) electrons. The summed E-state index contributed by atoms with van der Waals surface area (Å²) in [5, 5.41) is 16.0. The lowest BCUT2D eigenvalue weighted by molar-refractivity contribution is -0.114. The second kappa shape index (κ2) is 10.8. The third-order valence-electron chi connectivity index (χ3n) is 4.81. The summed E-state index contributed by atoms with van der Waals surface area (Å²) < 4.78 is 17.2. The Morgan fingerprint density at radius 1 is 1.06 bits per heavy atom. The molecule has 0 bridgehead atoms. The summed E-state index contributed by atoms with van der Waals surface area (Å²) in [7, 11) is 0. The normalized spacial score (nSPS) is 16.3. The molecule has 1 amide bonds. The number of aliphatic imine (C=N–C) groups is 1. The van der Waals surface area contributed by atoms with Gasteiger partial charge >= 0.3 is 0 Å². The van der Waals surface area contributed by atoms with Gasteiger partial charge in [0.1, 0.15) is 24.0 Å². The highest BCUT2D eigenvalue weighted by atomic mass is 35.5. The van der Waals surface area contributed by atoms with E-state index in [0.29, 0.717) is 52.6 Å². The monoisotopic (exact) mass is 498 g/mol. The highest BCUT2D eigenvalue weighted by Crippen LogP contribution is 2.32. The van der Waals surface area contributed by atoms with Gasteiger partial charge in [0.05, 0.1) is 17.2 Å². The second-order valence-electron chi connectivity index (χ2n) is 7.13. The van der Waals surface area contributed by atoms with Crippen LogP contribution < -0.4 is 14.2 Å². The zero-order chi connectivity index (χ0) is 24.1. The van der Waals surface area contributed by atoms with Crippen LogP contribution in [-0.2, 0) is 4.79 Å². The van der Waals surface area contributed by atoms with Gasteiger partial charge in [-0.3, -0.25) is 10.2 Å². The number of carbonyl (C=O) groups excluding carboxylic acids is 1. The van der Waals surface area contributed by atoms with Crippen molar-refractivity contribution >= 4 is 51.4 Å². The predicted octanol–water partition coefficient (Wildman–Crippen LogP) is 5.23. The Kier molecular flexibility index (Phi) is 7.54. The van der Waals surface area contributed by atoms with Gasteiger partial charge in [-0.25, -0.2) is 0 Å². The molecule has 0 fully saturated rings. The van der Waals surface area contributed by atoms with Crippen molar-refractivity contribution in [1.29, 1.82) is 5.41 Å². The van der Waals surface area contributed by atoms with E-state index in [9.17, 15) is 4.79 Å². The van der Waals surface area contributed by atoms with E-state index in [0.717, 1.165) is 5.04 Å². The molecule has 10 heteroatoms. The third-order valence-corrected chi connectivity index (χ3v) is 6.18. The molecule has 0 unspecified atom stereocenters. The van der Waals surface area contributed by atoms with Crippen LogP contribution in [0.15, 0.2) is 58.1 Å². The Morgan fingerprint density at radius 2 is 1.82 bits per heavy atom. The van der Waals surface area contributed by atoms with E-state index >= 15 is 0 Å². The van der Waals surface area contributed by atoms with Crippen LogP contribution in [0, 0.1) is 5.41 Å². The smallest absolute Gasteiger partial charge is 0.283 e. The van der Waals surface area contributed by atoms with Crippen LogP contribution in [0.4, 0.5) is 0 Å². The Balaban J connectivity index is 1.47. The standard InChI is InChI=1S/C24H23ClN4O4S/c1-3-21-28-29-22(26)16(23(30)27-24(29)34-21)13-15-9-10-19(20(14-15)31-4-2)33-12-11-32-18-8-6-5-7-17(18)25/h5-10,13-14,26H,3-4,11-12H2,1-2H3/b16-13-,26-22?. The summed E-state index contributed by atoms with van der Waals surface area (Å²) in [4.78, 5) is 16.7. The first-order valence-electron chi connectivity index (χ1n) is 10.8. The molecule has 0 saturated heterocycles. The number of halogens is 1. The van der Waals surface area contributed by atoms with Gasteiger partial charge in [0, 0.05) is 0 Å². The zero-order valence-electron chi connectivity index (χ0n) is 18.7. The maximum Gasteiger partial charge on any atom is 0.283 e. The Morgan fingerprint density at radius 3 is 2.56 bits per heavy atom. The van der Waals surface area contributed by atoms with E-state index in [1.807, 2.05) is 26.0 Å². The molecule has 0 spiro atoms. The van der Waals surface area contributed by atoms with Crippen molar-refractivity contribution in [3.05, 3.63) is 58.6 Å². The summed E-state index contributed by atoms with van der Waals surface area (Å²) in [5.74, 6) is 1.20. The van der Waals surface area contributed by atoms with Crippen LogP contribution in [0.2, 0.25) is 5.02 Å². The number of hydrogen-bond donors (Lipinski definition) is 1. The number of ether oxygens (including phenoxy) is 3. The van der Waals surface area contributed by atoms with Gasteiger partial charge in [-0.15, -0.1) is 0 Å². The van der Waals surface area contributed by atoms with Crippen molar-refractivity contribution in [2.45, 2.75) is 20.3 Å². The molecule has 4 rings (SSSR count). The number of hydrogen-bond acceptors (Lipinski definition) is 7. The molecule has 2 aromatic rings. The topological polar surface area (TPSA) is 96.6 Å². The summed E-state index contributed by atoms with van der Waals surface area (Å²) in [6.07, 6.45) is 2.32. The summed E-state index contributed by atoms with van der Waals surface area (Å²) in [6.45, 7) is 4.88. The van der Waals surface area contributed by atoms with Crippen molar-refractivity contribution in [2.24, 2.45) is 10.1 Å². The van der Waals surface area contributed by atoms with Crippen LogP contribution in [0.5, 0.6) is 17.2 Å². The van der Waals surface area contributed by atoms with Crippen LogP contribution >= 0.6 is 23.4 Å². The lowest BCUT2D eigenvalue weighted by Crippen LogP contribution is -2.35. The Labute approximate surface area is 206 Å². The fourth-order valence-corrected chi connectivity index (χ4v) is 4.22. The lowest BCUT2D eigenvalue weighted by atomic mass is 10.1. The van der Waals surface area contributed by atoms with Crippen LogP contribution in [-0.4, -0.2) is 46.8 Å². The molecule has 176 valence electrons. The molecule has 2 heterocycles. The molecular weight excluding hydrogens is 476 g/mol. The fraction of sp³-hybridized carbons (Fsp3) is 0.250. The minimum atomic E-state index is -0.466. The van der Waals surface area contributed by atoms with E-state index < -0.39 is 5.91 Å². The molecule has 2 aliphatic rings. The maximum absolute atomic E-state index is 12.6. The van der Waals surface area contributed by atoms with Gasteiger partial charge in [-0.2, -0.15) is 15.1 Å². The zero-order valence-corrected chi connectivity index (χ0v) is 20.3. The molecule has 0 aromatic heterocycles. The first-order valence-corrected chi connectivity index (χ1v) is 12.0. The molecule has 0 atom stereocenters. The molecule has 0 aliphatic carbocycles. The van der Waals surface area contributed by atoms with Crippen molar-refractivity contribution < 1.29 is 19.0 Å². The average Bonchev–Trinajstić information content (AvgIpc) is 3.25. The fourth-order valence-electron chi connectivity index (χ4n) is 3.21. The van der Waals surface area contributed by atoms with Gasteiger partial charge in [0.25, 0.3) is 5.91 Å². The largest absolute Gasteiger partial charge is 0.490 e. The van der Waals surface area contributed by atoms with E-state index in [1.54, 1.807) is 36.4 Å². The van der Waals surface area contributed by atoms with E-state index in [4.69, 9.17) is 31.2 Å². The molecule has 2 aliphatic heterocycles. The number of nitrogens with zero attached hydrogens (tertiary/aromatic N) is 3. The van der Waals surface area contributed by atoms with Gasteiger partial charge in [-0.05, 0) is 61.0 Å². The number of thioether (sulfide) groups is 1. The molecule has 0 saturated carbocycles. The summed E-state index contributed by atoms with van der Waals surface area (Å²) in [6, 6.07) is 12.6. The highest BCUT2D eigenvalue weighted by Gasteiger charge is 2.35. The number of rotatable bonds is 9. The minimum Gasteiger partial charge on any atom is -0.490 e. The number of carbonyl (C=O) groups is 1. The SMILES string of the molecule is CCOc1cc(/C=C2/C(=N)N3N=C(CC)SC3=NC2=O)ccc1OCCOc1ccccc1Cl. The molecule has 34 heavy (non-hydrogen) atoms. The number of amidine groups is 2. The Hall–Kier alpha value is -3.30. The summed E-state index contributed by atoms with van der Waals surface area (Å²) >= 11 is 7.41. The number of amides is 1. The Bertz CT molecular complexity index is 1210. The van der Waals surface area contributed by atoms with Crippen LogP contribution in [0.25, 0.3) is 6.08 Å². The average molecular weight is 499 g/mol. The van der Waals surface area contributed by atoms with Crippen molar-refractivity contribution in [3.8, 4) is 17.2 Å². The third kappa shape index (κ3) is 5.26. The number of nitrogens with one attached hydrogen (secondary N) is 1. The lowest BCUT2D eigenvalue weighted by Gasteiger charge is -2.20. The van der Waals surface area contributed by atoms with Gasteiger partial charge in [-0.1, -0.05) is 36.7 Å². The molecule has 8 nitrogen and oxygen atoms in total. The highest BCUT2D eigenvalue weighted by molar-refractivity contribution is 8.26. The quantitative estimate of drug-likeness (QED) is 0.376. The first kappa shape index (κ1) is 23.8. The van der Waals surface area contributed by atoms with Crippen molar-refractivity contribution in [2.75, 3.05) is 19.8 Å². The van der Waals surface area contributed by atoms with Crippen LogP contribution in [0.1, 0.15) is 25.8 Å². The van der Waals surface area contributed by atoms with E-state index in [-0.39, 0.29) is 18.0 Å². The van der Waals surface area contributed by atoms with Crippen molar-refractivity contribution in [3.63, 3.8) is 0 Å². The summed E-state index contributed by atoms with van der Waals surface area (Å²) in [5.41, 5.74) is 0.844. The van der Waals surface area contributed by atoms with Gasteiger partial charge in [0.2, 0.25) is 5.17 Å². The minimum absolute atomic E-state index is 0.000887. The van der Waals surface area contributed by atoms with Crippen molar-refractivity contribution in [1.82, 2.24) is 5.01 Å². The number of para-hydroxylation sites is 1. The predicted molar refractivity (Wildman–Crippen MR) is 135 cm³/mol. The molecular formula is C24H23ClN4O4S. The van der Waals surface area contributed by atoms with Crippen LogP contribution in [0.3, 0.4) is 0 Å².